The van der Waals surface area contributed by atoms with Crippen molar-refractivity contribution in [2.45, 2.75) is 32.0 Å². The highest BCUT2D eigenvalue weighted by Gasteiger charge is 2.38. The summed E-state index contributed by atoms with van der Waals surface area (Å²) in [5, 5.41) is 9.42. The monoisotopic (exact) mass is 486 g/mol. The Morgan fingerprint density at radius 1 is 1.17 bits per heavy atom. The van der Waals surface area contributed by atoms with Crippen LogP contribution in [-0.4, -0.2) is 44.6 Å². The third-order valence-corrected chi connectivity index (χ3v) is 7.23. The van der Waals surface area contributed by atoms with E-state index < -0.39 is 0 Å². The summed E-state index contributed by atoms with van der Waals surface area (Å²) in [7, 11) is 3.72. The Morgan fingerprint density at radius 3 is 2.58 bits per heavy atom. The Hall–Kier alpha value is -4.03. The fourth-order valence-corrected chi connectivity index (χ4v) is 5.30. The molecule has 1 aliphatic rings. The SMILES string of the molecule is C[C@@H]1CN(c2cc(=O)n(C)c3ccc(C#N)nc23)[C@@H](C)CN1C(c1ccc(F)cc1)c1c[nH]c[n+]1C. The zero-order valence-electron chi connectivity index (χ0n) is 20.8. The number of aromatic amines is 1. The third-order valence-electron chi connectivity index (χ3n) is 7.23. The Labute approximate surface area is 208 Å². The van der Waals surface area contributed by atoms with Crippen LogP contribution in [-0.2, 0) is 14.1 Å². The van der Waals surface area contributed by atoms with Gasteiger partial charge in [0.05, 0.1) is 18.3 Å². The van der Waals surface area contributed by atoms with Crippen LogP contribution in [0.4, 0.5) is 10.1 Å². The molecule has 36 heavy (non-hydrogen) atoms. The first-order valence-electron chi connectivity index (χ1n) is 12.0. The summed E-state index contributed by atoms with van der Waals surface area (Å²) in [6.07, 6.45) is 3.89. The Kier molecular flexibility index (Phi) is 6.06. The predicted molar refractivity (Wildman–Crippen MR) is 135 cm³/mol. The van der Waals surface area contributed by atoms with Crippen LogP contribution >= 0.6 is 0 Å². The van der Waals surface area contributed by atoms with Gasteiger partial charge in [0.1, 0.15) is 35.3 Å². The van der Waals surface area contributed by atoms with Crippen LogP contribution in [0, 0.1) is 17.1 Å². The second kappa shape index (κ2) is 9.21. The molecule has 1 aliphatic heterocycles. The number of nitriles is 1. The van der Waals surface area contributed by atoms with Crippen molar-refractivity contribution in [3.63, 3.8) is 0 Å². The van der Waals surface area contributed by atoms with Gasteiger partial charge in [-0.05, 0) is 43.7 Å². The number of piperazine rings is 1. The molecule has 1 unspecified atom stereocenters. The second-order valence-electron chi connectivity index (χ2n) is 9.58. The van der Waals surface area contributed by atoms with Crippen LogP contribution in [0.15, 0.2) is 59.8 Å². The summed E-state index contributed by atoms with van der Waals surface area (Å²) in [5.41, 5.74) is 4.38. The molecule has 9 heteroatoms. The van der Waals surface area contributed by atoms with E-state index in [0.29, 0.717) is 29.8 Å². The highest BCUT2D eigenvalue weighted by atomic mass is 19.1. The van der Waals surface area contributed by atoms with Gasteiger partial charge >= 0.3 is 0 Å². The molecule has 0 spiro atoms. The number of nitrogens with one attached hydrogen (secondary N) is 1. The van der Waals surface area contributed by atoms with Crippen molar-refractivity contribution in [3.8, 4) is 6.07 Å². The molecule has 1 saturated heterocycles. The number of imidazole rings is 1. The number of hydrogen-bond acceptors (Lipinski definition) is 5. The lowest BCUT2D eigenvalue weighted by atomic mass is 9.96. The molecule has 1 fully saturated rings. The molecule has 8 nitrogen and oxygen atoms in total. The van der Waals surface area contributed by atoms with Crippen molar-refractivity contribution in [2.75, 3.05) is 18.0 Å². The number of aryl methyl sites for hydroxylation is 2. The second-order valence-corrected chi connectivity index (χ2v) is 9.58. The number of aromatic nitrogens is 4. The molecule has 0 bridgehead atoms. The molecule has 5 rings (SSSR count). The van der Waals surface area contributed by atoms with Crippen LogP contribution in [0.3, 0.4) is 0 Å². The fourth-order valence-electron chi connectivity index (χ4n) is 5.30. The van der Waals surface area contributed by atoms with Crippen LogP contribution in [0.5, 0.6) is 0 Å². The quantitative estimate of drug-likeness (QED) is 0.449. The average molecular weight is 487 g/mol. The molecular formula is C27H29FN7O+. The van der Waals surface area contributed by atoms with Crippen molar-refractivity contribution < 1.29 is 8.96 Å². The zero-order chi connectivity index (χ0) is 25.6. The third kappa shape index (κ3) is 4.03. The molecule has 1 aromatic carbocycles. The smallest absolute Gasteiger partial charge is 0.252 e. The van der Waals surface area contributed by atoms with Gasteiger partial charge in [-0.3, -0.25) is 9.69 Å². The molecule has 0 aliphatic carbocycles. The summed E-state index contributed by atoms with van der Waals surface area (Å²) in [6, 6.07) is 13.9. The topological polar surface area (TPSA) is 84.8 Å². The number of nitrogens with zero attached hydrogens (tertiary/aromatic N) is 6. The highest BCUT2D eigenvalue weighted by molar-refractivity contribution is 5.89. The van der Waals surface area contributed by atoms with E-state index in [1.165, 1.54) is 12.1 Å². The maximum atomic E-state index is 13.7. The maximum Gasteiger partial charge on any atom is 0.252 e. The normalized spacial score (nSPS) is 19.4. The fraction of sp³-hybridized carbons (Fsp3) is 0.333. The number of hydrogen-bond donors (Lipinski definition) is 1. The number of benzene rings is 1. The van der Waals surface area contributed by atoms with Gasteiger partial charge in [0.25, 0.3) is 5.56 Å². The van der Waals surface area contributed by atoms with Gasteiger partial charge in [0, 0.05) is 38.3 Å². The molecule has 3 atom stereocenters. The van der Waals surface area contributed by atoms with E-state index in [2.05, 4.69) is 44.3 Å². The molecule has 4 heterocycles. The van der Waals surface area contributed by atoms with Gasteiger partial charge < -0.3 is 9.47 Å². The number of anilines is 1. The first-order valence-corrected chi connectivity index (χ1v) is 12.0. The van der Waals surface area contributed by atoms with Crippen LogP contribution in [0.2, 0.25) is 0 Å². The number of H-pyrrole nitrogens is 1. The van der Waals surface area contributed by atoms with Gasteiger partial charge in [-0.1, -0.05) is 12.1 Å². The summed E-state index contributed by atoms with van der Waals surface area (Å²) >= 11 is 0. The van der Waals surface area contributed by atoms with Crippen molar-refractivity contribution >= 4 is 16.7 Å². The minimum Gasteiger partial charge on any atom is -0.364 e. The molecule has 0 radical (unpaired) electrons. The van der Waals surface area contributed by atoms with E-state index in [9.17, 15) is 14.4 Å². The largest absolute Gasteiger partial charge is 0.364 e. The minimum atomic E-state index is -0.260. The van der Waals surface area contributed by atoms with E-state index >= 15 is 0 Å². The van der Waals surface area contributed by atoms with Gasteiger partial charge in [-0.2, -0.15) is 5.26 Å². The van der Waals surface area contributed by atoms with Crippen LogP contribution in [0.25, 0.3) is 11.0 Å². The molecule has 3 aromatic heterocycles. The van der Waals surface area contributed by atoms with E-state index in [-0.39, 0.29) is 29.5 Å². The highest BCUT2D eigenvalue weighted by Crippen LogP contribution is 2.34. The summed E-state index contributed by atoms with van der Waals surface area (Å²) in [5.74, 6) is -0.260. The molecular weight excluding hydrogens is 457 g/mol. The number of fused-ring (bicyclic) bond motifs is 1. The van der Waals surface area contributed by atoms with Gasteiger partial charge in [0.15, 0.2) is 5.69 Å². The zero-order valence-corrected chi connectivity index (χ0v) is 20.8. The first kappa shape index (κ1) is 23.7. The van der Waals surface area contributed by atoms with Gasteiger partial charge in [-0.15, -0.1) is 0 Å². The van der Waals surface area contributed by atoms with Crippen molar-refractivity contribution in [1.82, 2.24) is 19.4 Å². The van der Waals surface area contributed by atoms with Crippen LogP contribution in [0.1, 0.15) is 36.8 Å². The Bertz CT molecular complexity index is 1520. The lowest BCUT2D eigenvalue weighted by molar-refractivity contribution is -0.679. The predicted octanol–water partition coefficient (Wildman–Crippen LogP) is 2.79. The van der Waals surface area contributed by atoms with Gasteiger partial charge in [0.2, 0.25) is 6.33 Å². The van der Waals surface area contributed by atoms with Crippen molar-refractivity contribution in [2.24, 2.45) is 14.1 Å². The standard InChI is InChI=1S/C27H28FN7O/c1-17-15-35(27(24-13-30-16-32(24)3)19-5-7-20(28)8-6-19)18(2)14-34(17)23-11-25(36)33(4)22-10-9-21(12-29)31-26(22)23/h5-11,13,16-18,27H,14-15H2,1-4H3/p+1/t17-,18+,27?/m0/s1. The molecule has 1 N–H and O–H groups in total. The Morgan fingerprint density at radius 2 is 1.92 bits per heavy atom. The van der Waals surface area contributed by atoms with Crippen LogP contribution < -0.4 is 15.0 Å². The lowest BCUT2D eigenvalue weighted by Gasteiger charge is -2.48. The van der Waals surface area contributed by atoms with E-state index in [1.807, 2.05) is 31.7 Å². The maximum absolute atomic E-state index is 13.7. The van der Waals surface area contributed by atoms with E-state index in [4.69, 9.17) is 0 Å². The average Bonchev–Trinajstić information content (AvgIpc) is 3.29. The van der Waals surface area contributed by atoms with Gasteiger partial charge in [-0.25, -0.2) is 18.9 Å². The molecule has 0 saturated carbocycles. The number of halogens is 1. The molecule has 4 aromatic rings. The number of pyridine rings is 2. The summed E-state index contributed by atoms with van der Waals surface area (Å²) < 4.78 is 17.4. The first-order chi connectivity index (χ1) is 17.3. The van der Waals surface area contributed by atoms with E-state index in [1.54, 1.807) is 29.8 Å². The lowest BCUT2D eigenvalue weighted by Crippen LogP contribution is -2.58. The van der Waals surface area contributed by atoms with Crippen molar-refractivity contribution in [1.29, 1.82) is 5.26 Å². The summed E-state index contributed by atoms with van der Waals surface area (Å²) in [6.45, 7) is 5.67. The molecule has 184 valence electrons. The molecule has 0 amide bonds. The van der Waals surface area contributed by atoms with Crippen molar-refractivity contribution in [3.05, 3.63) is 88.1 Å². The minimum absolute atomic E-state index is 0.0521. The van der Waals surface area contributed by atoms with E-state index in [0.717, 1.165) is 16.9 Å². The Balaban J connectivity index is 1.56. The summed E-state index contributed by atoms with van der Waals surface area (Å²) in [4.78, 5) is 25.2. The number of rotatable bonds is 4.